The molecule has 0 bridgehead atoms. The number of hydrogen-bond donors (Lipinski definition) is 1. The minimum atomic E-state index is -0.480. The number of hydrogen-bond acceptors (Lipinski definition) is 4. The molecule has 0 fully saturated rings. The van der Waals surface area contributed by atoms with E-state index in [0.717, 1.165) is 10.3 Å². The van der Waals surface area contributed by atoms with Gasteiger partial charge in [0.25, 0.3) is 5.56 Å². The first-order valence-electron chi connectivity index (χ1n) is 8.50. The van der Waals surface area contributed by atoms with Gasteiger partial charge in [-0.3, -0.25) is 22.9 Å². The summed E-state index contributed by atoms with van der Waals surface area (Å²) < 4.78 is 19.1. The molecule has 3 heterocycles. The monoisotopic (exact) mass is 371 g/mol. The molecule has 9 heteroatoms. The van der Waals surface area contributed by atoms with E-state index in [2.05, 4.69) is 4.98 Å². The fraction of sp³-hybridized carbons (Fsp3) is 0.278. The van der Waals surface area contributed by atoms with Crippen LogP contribution in [0.1, 0.15) is 12.1 Å². The number of aliphatic hydroxyl groups is 1. The Morgan fingerprint density at radius 3 is 2.56 bits per heavy atom. The Morgan fingerprint density at radius 2 is 1.89 bits per heavy atom. The zero-order valence-electron chi connectivity index (χ0n) is 14.9. The first-order chi connectivity index (χ1) is 12.9. The molecule has 140 valence electrons. The molecular formula is C18H18FN5O3. The lowest BCUT2D eigenvalue weighted by Crippen LogP contribution is -2.39. The van der Waals surface area contributed by atoms with Gasteiger partial charge in [-0.25, -0.2) is 9.18 Å². The van der Waals surface area contributed by atoms with Crippen LogP contribution in [0.15, 0.2) is 40.1 Å². The van der Waals surface area contributed by atoms with Gasteiger partial charge in [-0.15, -0.1) is 0 Å². The lowest BCUT2D eigenvalue weighted by atomic mass is 10.3. The smallest absolute Gasteiger partial charge is 0.332 e. The van der Waals surface area contributed by atoms with Crippen molar-refractivity contribution in [1.29, 1.82) is 0 Å². The third-order valence-electron chi connectivity index (χ3n) is 4.65. The lowest BCUT2D eigenvalue weighted by molar-refractivity contribution is 0.277. The number of fused-ring (bicyclic) bond motifs is 3. The molecule has 4 rings (SSSR count). The Kier molecular flexibility index (Phi) is 3.96. The maximum Gasteiger partial charge on any atom is 0.332 e. The molecule has 0 aliphatic rings. The van der Waals surface area contributed by atoms with E-state index in [4.69, 9.17) is 5.11 Å². The number of benzene rings is 1. The molecule has 0 saturated heterocycles. The predicted molar refractivity (Wildman–Crippen MR) is 97.9 cm³/mol. The van der Waals surface area contributed by atoms with Gasteiger partial charge in [0.05, 0.1) is 0 Å². The summed E-state index contributed by atoms with van der Waals surface area (Å²) in [7, 11) is 1.56. The highest BCUT2D eigenvalue weighted by Crippen LogP contribution is 2.21. The summed E-state index contributed by atoms with van der Waals surface area (Å²) in [4.78, 5) is 30.0. The van der Waals surface area contributed by atoms with Crippen molar-refractivity contribution in [2.24, 2.45) is 7.05 Å². The van der Waals surface area contributed by atoms with Crippen LogP contribution < -0.4 is 11.2 Å². The molecule has 8 nitrogen and oxygen atoms in total. The standard InChI is InChI=1S/C18H18FN5O3/c1-11-10-23-14-15(21(2)18(27)22(16(14)26)8-3-9-25)20-17(23)24(11)13-6-4-12(19)5-7-13/h4-7,10,25H,3,8-9H2,1-2H3. The van der Waals surface area contributed by atoms with Crippen LogP contribution in [-0.2, 0) is 13.6 Å². The van der Waals surface area contributed by atoms with Gasteiger partial charge in [0, 0.05) is 37.8 Å². The lowest BCUT2D eigenvalue weighted by Gasteiger charge is -2.07. The molecule has 0 aliphatic heterocycles. The highest BCUT2D eigenvalue weighted by atomic mass is 19.1. The molecule has 0 saturated carbocycles. The second-order valence-electron chi connectivity index (χ2n) is 6.41. The Balaban J connectivity index is 2.07. The predicted octanol–water partition coefficient (Wildman–Crippen LogP) is 0.969. The van der Waals surface area contributed by atoms with Crippen LogP contribution in [0.25, 0.3) is 22.6 Å². The minimum absolute atomic E-state index is 0.116. The first-order valence-corrected chi connectivity index (χ1v) is 8.50. The molecule has 0 unspecified atom stereocenters. The van der Waals surface area contributed by atoms with Gasteiger partial charge in [-0.1, -0.05) is 0 Å². The average Bonchev–Trinajstić information content (AvgIpc) is 3.15. The summed E-state index contributed by atoms with van der Waals surface area (Å²) in [5, 5.41) is 9.04. The van der Waals surface area contributed by atoms with Crippen molar-refractivity contribution in [1.82, 2.24) is 23.1 Å². The molecule has 0 atom stereocenters. The van der Waals surface area contributed by atoms with Gasteiger partial charge in [0.15, 0.2) is 11.2 Å². The van der Waals surface area contributed by atoms with Gasteiger partial charge < -0.3 is 5.11 Å². The van der Waals surface area contributed by atoms with Gasteiger partial charge in [0.1, 0.15) is 5.82 Å². The van der Waals surface area contributed by atoms with Crippen LogP contribution >= 0.6 is 0 Å². The number of aromatic nitrogens is 5. The van der Waals surface area contributed by atoms with Crippen LogP contribution in [-0.4, -0.2) is 34.8 Å². The van der Waals surface area contributed by atoms with Gasteiger partial charge in [-0.05, 0) is 37.6 Å². The minimum Gasteiger partial charge on any atom is -0.396 e. The van der Waals surface area contributed by atoms with E-state index in [1.807, 2.05) is 6.92 Å². The highest BCUT2D eigenvalue weighted by molar-refractivity contribution is 5.76. The molecule has 27 heavy (non-hydrogen) atoms. The van der Waals surface area contributed by atoms with Crippen molar-refractivity contribution in [2.75, 3.05) is 6.61 Å². The second kappa shape index (κ2) is 6.20. The Morgan fingerprint density at radius 1 is 1.19 bits per heavy atom. The Hall–Kier alpha value is -3.20. The van der Waals surface area contributed by atoms with Gasteiger partial charge >= 0.3 is 5.69 Å². The Labute approximate surface area is 152 Å². The molecule has 3 aromatic heterocycles. The highest BCUT2D eigenvalue weighted by Gasteiger charge is 2.20. The maximum atomic E-state index is 13.3. The molecule has 1 N–H and O–H groups in total. The quantitative estimate of drug-likeness (QED) is 0.579. The van der Waals surface area contributed by atoms with Crippen LogP contribution in [0.3, 0.4) is 0 Å². The van der Waals surface area contributed by atoms with Crippen LogP contribution in [0.5, 0.6) is 0 Å². The molecule has 0 aliphatic carbocycles. The van der Waals surface area contributed by atoms with Crippen molar-refractivity contribution < 1.29 is 9.50 Å². The van der Waals surface area contributed by atoms with E-state index in [9.17, 15) is 14.0 Å². The molecular weight excluding hydrogens is 353 g/mol. The van der Waals surface area contributed by atoms with Gasteiger partial charge in [0.2, 0.25) is 5.78 Å². The summed E-state index contributed by atoms with van der Waals surface area (Å²) in [6.07, 6.45) is 2.06. The number of halogens is 1. The topological polar surface area (TPSA) is 86.5 Å². The first kappa shape index (κ1) is 17.2. The number of imidazole rings is 2. The third-order valence-corrected chi connectivity index (χ3v) is 4.65. The average molecular weight is 371 g/mol. The maximum absolute atomic E-state index is 13.3. The van der Waals surface area contributed by atoms with Crippen molar-refractivity contribution in [3.8, 4) is 5.69 Å². The summed E-state index contributed by atoms with van der Waals surface area (Å²) in [5.74, 6) is 0.114. The normalized spacial score (nSPS) is 11.7. The van der Waals surface area contributed by atoms with Crippen LogP contribution in [0.4, 0.5) is 4.39 Å². The summed E-state index contributed by atoms with van der Waals surface area (Å²) in [5.41, 5.74) is 1.13. The van der Waals surface area contributed by atoms with Crippen molar-refractivity contribution in [3.05, 3.63) is 62.8 Å². The van der Waals surface area contributed by atoms with E-state index in [-0.39, 0.29) is 30.1 Å². The molecule has 4 aromatic rings. The van der Waals surface area contributed by atoms with E-state index in [1.165, 1.54) is 16.7 Å². The van der Waals surface area contributed by atoms with Crippen molar-refractivity contribution in [2.45, 2.75) is 19.9 Å². The molecule has 1 aromatic carbocycles. The summed E-state index contributed by atoms with van der Waals surface area (Å²) in [6, 6.07) is 5.96. The number of aryl methyl sites for hydroxylation is 2. The van der Waals surface area contributed by atoms with E-state index in [0.29, 0.717) is 17.9 Å². The summed E-state index contributed by atoms with van der Waals surface area (Å²) in [6.45, 7) is 1.87. The Bertz CT molecular complexity index is 1280. The third kappa shape index (κ3) is 2.50. The van der Waals surface area contributed by atoms with Gasteiger partial charge in [-0.2, -0.15) is 4.98 Å². The molecule has 0 radical (unpaired) electrons. The van der Waals surface area contributed by atoms with Crippen LogP contribution in [0.2, 0.25) is 0 Å². The van der Waals surface area contributed by atoms with E-state index in [1.54, 1.807) is 34.3 Å². The number of nitrogens with zero attached hydrogens (tertiary/aromatic N) is 5. The second-order valence-corrected chi connectivity index (χ2v) is 6.41. The number of aliphatic hydroxyl groups excluding tert-OH is 1. The fourth-order valence-corrected chi connectivity index (χ4v) is 3.35. The summed E-state index contributed by atoms with van der Waals surface area (Å²) >= 11 is 0. The largest absolute Gasteiger partial charge is 0.396 e. The van der Waals surface area contributed by atoms with Crippen molar-refractivity contribution >= 4 is 16.9 Å². The molecule has 0 spiro atoms. The van der Waals surface area contributed by atoms with E-state index >= 15 is 0 Å². The van der Waals surface area contributed by atoms with E-state index < -0.39 is 11.2 Å². The van der Waals surface area contributed by atoms with Crippen LogP contribution in [0, 0.1) is 12.7 Å². The number of rotatable bonds is 4. The zero-order valence-corrected chi connectivity index (χ0v) is 14.9. The zero-order chi connectivity index (χ0) is 19.3. The fourth-order valence-electron chi connectivity index (χ4n) is 3.35. The van der Waals surface area contributed by atoms with Crippen molar-refractivity contribution in [3.63, 3.8) is 0 Å². The SMILES string of the molecule is Cc1cn2c3c(=O)n(CCCO)c(=O)n(C)c3nc2n1-c1ccc(F)cc1. The molecule has 0 amide bonds.